The quantitative estimate of drug-likeness (QED) is 0.140. The number of nitrogens with one attached hydrogen (secondary N) is 1. The van der Waals surface area contributed by atoms with Crippen molar-refractivity contribution in [2.24, 2.45) is 0 Å². The van der Waals surface area contributed by atoms with Crippen LogP contribution in [-0.4, -0.2) is 53.6 Å². The molecule has 0 radical (unpaired) electrons. The zero-order chi connectivity index (χ0) is 31.8. The van der Waals surface area contributed by atoms with Crippen LogP contribution in [0.1, 0.15) is 57.5 Å². The molecule has 0 aliphatic rings. The number of ether oxygens (including phenoxy) is 2. The molecule has 0 fully saturated rings. The summed E-state index contributed by atoms with van der Waals surface area (Å²) in [6.07, 6.45) is -0.683. The van der Waals surface area contributed by atoms with Crippen LogP contribution in [0.5, 0.6) is 0 Å². The van der Waals surface area contributed by atoms with E-state index in [1.165, 1.54) is 0 Å². The largest absolute Gasteiger partial charge is 0.452 e. The number of carbonyl (C=O) groups is 2. The fourth-order valence-electron chi connectivity index (χ4n) is 3.56. The van der Waals surface area contributed by atoms with E-state index in [4.69, 9.17) is 18.3 Å². The summed E-state index contributed by atoms with van der Waals surface area (Å²) >= 11 is 0. The Hall–Kier alpha value is -2.73. The van der Waals surface area contributed by atoms with Gasteiger partial charge in [0.15, 0.2) is 16.6 Å². The molecule has 9 heteroatoms. The summed E-state index contributed by atoms with van der Waals surface area (Å²) in [6, 6.07) is 17.6. The number of amides is 1. The van der Waals surface area contributed by atoms with E-state index in [1.54, 1.807) is 30.3 Å². The third-order valence-electron chi connectivity index (χ3n) is 8.39. The minimum atomic E-state index is -2.45. The highest BCUT2D eigenvalue weighted by atomic mass is 28.4. The molecule has 232 valence electrons. The standard InChI is InChI=1S/C33H51NO6Si2/c1-12-28(39-30(35)26-21-17-14-18-22-26)29(40-42(10,11)33(5,6)7)27(24-38-41(8,9)32(2,3)4)34-31(36)37-23-25-19-15-13-16-20-25/h12-22,27-29H,1,23-24H2,2-11H3,(H,34,36)/t27-,28-,29-/m1/s1. The molecule has 0 aliphatic heterocycles. The number of esters is 1. The summed E-state index contributed by atoms with van der Waals surface area (Å²) in [5.74, 6) is -0.500. The molecular formula is C33H51NO6Si2. The molecule has 0 unspecified atom stereocenters. The van der Waals surface area contributed by atoms with Crippen LogP contribution < -0.4 is 5.32 Å². The van der Waals surface area contributed by atoms with Gasteiger partial charge in [0.25, 0.3) is 0 Å². The third-order valence-corrected chi connectivity index (χ3v) is 17.4. The molecule has 0 spiro atoms. The highest BCUT2D eigenvalue weighted by Gasteiger charge is 2.45. The Morgan fingerprint density at radius 1 is 0.857 bits per heavy atom. The van der Waals surface area contributed by atoms with E-state index in [9.17, 15) is 9.59 Å². The average molecular weight is 614 g/mol. The Morgan fingerprint density at radius 2 is 1.38 bits per heavy atom. The van der Waals surface area contributed by atoms with Gasteiger partial charge in [-0.2, -0.15) is 0 Å². The average Bonchev–Trinajstić information content (AvgIpc) is 2.91. The number of carbonyl (C=O) groups excluding carboxylic acids is 2. The molecule has 0 aliphatic carbocycles. The Balaban J connectivity index is 2.47. The predicted octanol–water partition coefficient (Wildman–Crippen LogP) is 8.11. The smallest absolute Gasteiger partial charge is 0.407 e. The molecule has 42 heavy (non-hydrogen) atoms. The number of alkyl carbamates (subject to hydrolysis) is 1. The maximum Gasteiger partial charge on any atom is 0.407 e. The molecule has 0 heterocycles. The Morgan fingerprint density at radius 3 is 1.88 bits per heavy atom. The first-order valence-corrected chi connectivity index (χ1v) is 20.4. The van der Waals surface area contributed by atoms with Crippen LogP contribution in [-0.2, 0) is 24.9 Å². The van der Waals surface area contributed by atoms with Crippen molar-refractivity contribution in [3.63, 3.8) is 0 Å². The van der Waals surface area contributed by atoms with Crippen molar-refractivity contribution in [3.8, 4) is 0 Å². The van der Waals surface area contributed by atoms with Crippen LogP contribution in [0.2, 0.25) is 36.3 Å². The molecular weight excluding hydrogens is 563 g/mol. The summed E-state index contributed by atoms with van der Waals surface area (Å²) in [7, 11) is -4.68. The third kappa shape index (κ3) is 10.2. The van der Waals surface area contributed by atoms with Crippen molar-refractivity contribution >= 4 is 28.7 Å². The lowest BCUT2D eigenvalue weighted by atomic mass is 10.1. The van der Waals surface area contributed by atoms with Crippen LogP contribution in [0.15, 0.2) is 73.3 Å². The maximum absolute atomic E-state index is 13.2. The normalized spacial score (nSPS) is 14.8. The molecule has 1 amide bonds. The van der Waals surface area contributed by atoms with Gasteiger partial charge in [0.05, 0.1) is 18.2 Å². The molecule has 3 atom stereocenters. The van der Waals surface area contributed by atoms with Crippen LogP contribution >= 0.6 is 0 Å². The molecule has 0 saturated carbocycles. The van der Waals surface area contributed by atoms with Crippen LogP contribution in [0, 0.1) is 0 Å². The first-order chi connectivity index (χ1) is 19.4. The summed E-state index contributed by atoms with van der Waals surface area (Å²) in [4.78, 5) is 26.4. The van der Waals surface area contributed by atoms with Crippen molar-refractivity contribution in [1.29, 1.82) is 0 Å². The van der Waals surface area contributed by atoms with Gasteiger partial charge in [-0.25, -0.2) is 9.59 Å². The van der Waals surface area contributed by atoms with Gasteiger partial charge in [0.1, 0.15) is 18.8 Å². The van der Waals surface area contributed by atoms with E-state index in [1.807, 2.05) is 36.4 Å². The van der Waals surface area contributed by atoms with E-state index >= 15 is 0 Å². The number of hydrogen-bond acceptors (Lipinski definition) is 6. The Labute approximate surface area is 255 Å². The summed E-state index contributed by atoms with van der Waals surface area (Å²) in [5, 5.41) is 2.80. The van der Waals surface area contributed by atoms with E-state index in [-0.39, 0.29) is 23.3 Å². The second-order valence-corrected chi connectivity index (χ2v) is 23.3. The van der Waals surface area contributed by atoms with Gasteiger partial charge in [-0.1, -0.05) is 96.7 Å². The van der Waals surface area contributed by atoms with Crippen molar-refractivity contribution in [2.45, 2.75) is 103 Å². The lowest BCUT2D eigenvalue weighted by Gasteiger charge is -2.44. The minimum absolute atomic E-state index is 0.0568. The lowest BCUT2D eigenvalue weighted by molar-refractivity contribution is -0.0140. The van der Waals surface area contributed by atoms with Gasteiger partial charge in [0, 0.05) is 0 Å². The minimum Gasteiger partial charge on any atom is -0.452 e. The zero-order valence-electron chi connectivity index (χ0n) is 27.2. The van der Waals surface area contributed by atoms with E-state index in [0.29, 0.717) is 5.56 Å². The van der Waals surface area contributed by atoms with Crippen molar-refractivity contribution < 1.29 is 27.9 Å². The van der Waals surface area contributed by atoms with Crippen molar-refractivity contribution in [3.05, 3.63) is 84.4 Å². The lowest BCUT2D eigenvalue weighted by Crippen LogP contribution is -2.59. The summed E-state index contributed by atoms with van der Waals surface area (Å²) in [6.45, 7) is 25.7. The van der Waals surface area contributed by atoms with Crippen LogP contribution in [0.4, 0.5) is 4.79 Å². The molecule has 2 aromatic rings. The van der Waals surface area contributed by atoms with Gasteiger partial charge >= 0.3 is 12.1 Å². The Bertz CT molecular complexity index is 1160. The molecule has 2 rings (SSSR count). The highest BCUT2D eigenvalue weighted by Crippen LogP contribution is 2.39. The zero-order valence-corrected chi connectivity index (χ0v) is 29.2. The van der Waals surface area contributed by atoms with Gasteiger partial charge in [-0.3, -0.25) is 0 Å². The predicted molar refractivity (Wildman–Crippen MR) is 175 cm³/mol. The highest BCUT2D eigenvalue weighted by molar-refractivity contribution is 6.74. The molecule has 2 aromatic carbocycles. The van der Waals surface area contributed by atoms with Crippen LogP contribution in [0.3, 0.4) is 0 Å². The first kappa shape index (κ1) is 35.5. The molecule has 0 bridgehead atoms. The van der Waals surface area contributed by atoms with Crippen molar-refractivity contribution in [2.75, 3.05) is 6.61 Å². The monoisotopic (exact) mass is 613 g/mol. The molecule has 0 saturated heterocycles. The van der Waals surface area contributed by atoms with Gasteiger partial charge in [0.2, 0.25) is 0 Å². The SMILES string of the molecule is C=C[C@@H](OC(=O)c1ccccc1)[C@H](O[Si](C)(C)C(C)(C)C)[C@@H](CO[Si](C)(C)C(C)(C)C)NC(=O)OCc1ccccc1. The fraction of sp³-hybridized carbons (Fsp3) is 0.515. The van der Waals surface area contributed by atoms with E-state index in [2.05, 4.69) is 79.6 Å². The summed E-state index contributed by atoms with van der Waals surface area (Å²) < 4.78 is 25.1. The second kappa shape index (κ2) is 14.6. The Kier molecular flexibility index (Phi) is 12.4. The maximum atomic E-state index is 13.2. The topological polar surface area (TPSA) is 83.1 Å². The van der Waals surface area contributed by atoms with Gasteiger partial charge in [-0.15, -0.1) is 0 Å². The van der Waals surface area contributed by atoms with Gasteiger partial charge in [-0.05, 0) is 60.0 Å². The van der Waals surface area contributed by atoms with E-state index in [0.717, 1.165) is 5.56 Å². The number of benzene rings is 2. The van der Waals surface area contributed by atoms with Gasteiger partial charge < -0.3 is 23.6 Å². The molecule has 7 nitrogen and oxygen atoms in total. The number of rotatable bonds is 13. The first-order valence-electron chi connectivity index (χ1n) is 14.6. The molecule has 0 aromatic heterocycles. The summed E-state index contributed by atoms with van der Waals surface area (Å²) in [5.41, 5.74) is 1.29. The van der Waals surface area contributed by atoms with E-state index < -0.39 is 46.9 Å². The second-order valence-electron chi connectivity index (χ2n) is 13.7. The van der Waals surface area contributed by atoms with Crippen molar-refractivity contribution in [1.82, 2.24) is 5.32 Å². The van der Waals surface area contributed by atoms with Crippen LogP contribution in [0.25, 0.3) is 0 Å². The number of hydrogen-bond donors (Lipinski definition) is 1. The molecule has 1 N–H and O–H groups in total. The fourth-order valence-corrected chi connectivity index (χ4v) is 5.92.